The Bertz CT molecular complexity index is 706. The summed E-state index contributed by atoms with van der Waals surface area (Å²) in [5.41, 5.74) is 3.48. The predicted octanol–water partition coefficient (Wildman–Crippen LogP) is 3.09. The number of aryl methyl sites for hydroxylation is 1. The topological polar surface area (TPSA) is 45.2 Å². The van der Waals surface area contributed by atoms with Crippen molar-refractivity contribution in [3.8, 4) is 0 Å². The van der Waals surface area contributed by atoms with Crippen molar-refractivity contribution in [2.24, 2.45) is 0 Å². The highest BCUT2D eigenvalue weighted by molar-refractivity contribution is 7.13. The van der Waals surface area contributed by atoms with Crippen LogP contribution in [0, 0.1) is 0 Å². The van der Waals surface area contributed by atoms with Crippen molar-refractivity contribution in [2.75, 3.05) is 18.0 Å². The summed E-state index contributed by atoms with van der Waals surface area (Å²) in [6, 6.07) is 8.29. The number of aromatic nitrogens is 1. The second-order valence-corrected chi connectivity index (χ2v) is 7.16. The molecule has 1 aromatic carbocycles. The molecule has 2 aromatic rings. The van der Waals surface area contributed by atoms with Gasteiger partial charge < -0.3 is 10.2 Å². The van der Waals surface area contributed by atoms with Crippen molar-refractivity contribution < 1.29 is 4.79 Å². The molecular formula is C18H21N3OS. The number of amides is 1. The molecule has 5 heteroatoms. The number of nitrogens with zero attached hydrogens (tertiary/aromatic N) is 2. The highest BCUT2D eigenvalue weighted by Crippen LogP contribution is 2.33. The Labute approximate surface area is 140 Å². The van der Waals surface area contributed by atoms with Crippen LogP contribution in [-0.4, -0.2) is 24.0 Å². The number of benzene rings is 1. The summed E-state index contributed by atoms with van der Waals surface area (Å²) in [5, 5.41) is 6.23. The minimum Gasteiger partial charge on any atom is -0.350 e. The van der Waals surface area contributed by atoms with Crippen molar-refractivity contribution >= 4 is 22.4 Å². The standard InChI is InChI=1S/C18H21N3OS/c22-17(16-8-7-13-5-1-2-6-15(13)16)19-11-14-12-23-18(20-14)21-9-3-4-10-21/h1-2,5-6,12,16H,3-4,7-11H2,(H,19,22)/t16-/m1/s1. The molecule has 23 heavy (non-hydrogen) atoms. The Morgan fingerprint density at radius 3 is 3.00 bits per heavy atom. The van der Waals surface area contributed by atoms with E-state index in [4.69, 9.17) is 0 Å². The summed E-state index contributed by atoms with van der Waals surface area (Å²) in [6.45, 7) is 2.75. The Morgan fingerprint density at radius 1 is 1.30 bits per heavy atom. The van der Waals surface area contributed by atoms with Gasteiger partial charge in [0.1, 0.15) is 0 Å². The van der Waals surface area contributed by atoms with Gasteiger partial charge in [0.15, 0.2) is 5.13 Å². The molecule has 0 spiro atoms. The number of rotatable bonds is 4. The van der Waals surface area contributed by atoms with E-state index in [9.17, 15) is 4.79 Å². The first-order valence-corrected chi connectivity index (χ1v) is 9.24. The monoisotopic (exact) mass is 327 g/mol. The molecule has 0 unspecified atom stereocenters. The zero-order chi connectivity index (χ0) is 15.6. The lowest BCUT2D eigenvalue weighted by atomic mass is 10.0. The summed E-state index contributed by atoms with van der Waals surface area (Å²) in [4.78, 5) is 19.5. The summed E-state index contributed by atoms with van der Waals surface area (Å²) >= 11 is 1.68. The number of nitrogens with one attached hydrogen (secondary N) is 1. The Kier molecular flexibility index (Phi) is 4.04. The quantitative estimate of drug-likeness (QED) is 0.938. The normalized spacial score (nSPS) is 19.8. The second-order valence-electron chi connectivity index (χ2n) is 6.32. The minimum absolute atomic E-state index is 0.00267. The largest absolute Gasteiger partial charge is 0.350 e. The zero-order valence-electron chi connectivity index (χ0n) is 13.1. The van der Waals surface area contributed by atoms with Crippen LogP contribution >= 0.6 is 11.3 Å². The molecule has 0 radical (unpaired) electrons. The molecule has 1 fully saturated rings. The van der Waals surface area contributed by atoms with Crippen molar-refractivity contribution in [3.05, 3.63) is 46.5 Å². The van der Waals surface area contributed by atoms with E-state index in [1.165, 1.54) is 24.0 Å². The molecule has 0 saturated carbocycles. The van der Waals surface area contributed by atoms with E-state index in [2.05, 4.69) is 32.7 Å². The Morgan fingerprint density at radius 2 is 2.13 bits per heavy atom. The zero-order valence-corrected chi connectivity index (χ0v) is 13.9. The maximum absolute atomic E-state index is 12.5. The van der Waals surface area contributed by atoms with Crippen LogP contribution in [0.25, 0.3) is 0 Å². The fraction of sp³-hybridized carbons (Fsp3) is 0.444. The SMILES string of the molecule is O=C(NCc1csc(N2CCCC2)n1)[C@@H]1CCc2ccccc21. The Hall–Kier alpha value is -1.88. The predicted molar refractivity (Wildman–Crippen MR) is 92.9 cm³/mol. The first kappa shape index (κ1) is 14.7. The van der Waals surface area contributed by atoms with Crippen LogP contribution in [0.4, 0.5) is 5.13 Å². The number of anilines is 1. The highest BCUT2D eigenvalue weighted by atomic mass is 32.1. The van der Waals surface area contributed by atoms with Crippen LogP contribution in [-0.2, 0) is 17.8 Å². The maximum atomic E-state index is 12.5. The van der Waals surface area contributed by atoms with E-state index in [0.717, 1.165) is 36.8 Å². The van der Waals surface area contributed by atoms with Gasteiger partial charge in [0.2, 0.25) is 5.91 Å². The van der Waals surface area contributed by atoms with Gasteiger partial charge in [-0.15, -0.1) is 11.3 Å². The number of hydrogen-bond donors (Lipinski definition) is 1. The van der Waals surface area contributed by atoms with Crippen LogP contribution in [0.3, 0.4) is 0 Å². The van der Waals surface area contributed by atoms with E-state index in [0.29, 0.717) is 6.54 Å². The lowest BCUT2D eigenvalue weighted by Crippen LogP contribution is -2.28. The van der Waals surface area contributed by atoms with Crippen LogP contribution in [0.1, 0.15) is 42.0 Å². The van der Waals surface area contributed by atoms with Crippen molar-refractivity contribution in [3.63, 3.8) is 0 Å². The third kappa shape index (κ3) is 2.98. The average Bonchev–Trinajstić information content (AvgIpc) is 3.31. The van der Waals surface area contributed by atoms with Gasteiger partial charge in [-0.05, 0) is 36.8 Å². The molecule has 1 aliphatic carbocycles. The number of carbonyl (C=O) groups is 1. The molecular weight excluding hydrogens is 306 g/mol. The van der Waals surface area contributed by atoms with Gasteiger partial charge in [0.05, 0.1) is 18.2 Å². The minimum atomic E-state index is 0.00267. The number of thiazole rings is 1. The molecule has 2 aliphatic rings. The number of carbonyl (C=O) groups excluding carboxylic acids is 1. The van der Waals surface area contributed by atoms with Crippen molar-refractivity contribution in [1.82, 2.24) is 10.3 Å². The molecule has 1 amide bonds. The molecule has 1 atom stereocenters. The van der Waals surface area contributed by atoms with Crippen molar-refractivity contribution in [1.29, 1.82) is 0 Å². The van der Waals surface area contributed by atoms with Gasteiger partial charge in [-0.2, -0.15) is 0 Å². The summed E-state index contributed by atoms with van der Waals surface area (Å²) < 4.78 is 0. The second kappa shape index (κ2) is 6.32. The molecule has 4 nitrogen and oxygen atoms in total. The fourth-order valence-corrected chi connectivity index (χ4v) is 4.44. The summed E-state index contributed by atoms with van der Waals surface area (Å²) in [7, 11) is 0. The molecule has 0 bridgehead atoms. The van der Waals surface area contributed by atoms with Crippen LogP contribution in [0.2, 0.25) is 0 Å². The van der Waals surface area contributed by atoms with E-state index in [1.54, 1.807) is 11.3 Å². The summed E-state index contributed by atoms with van der Waals surface area (Å²) in [5.74, 6) is 0.133. The van der Waals surface area contributed by atoms with Gasteiger partial charge in [0.25, 0.3) is 0 Å². The average molecular weight is 327 g/mol. The first-order valence-electron chi connectivity index (χ1n) is 8.36. The van der Waals surface area contributed by atoms with Gasteiger partial charge >= 0.3 is 0 Å². The lowest BCUT2D eigenvalue weighted by molar-refractivity contribution is -0.122. The third-order valence-corrected chi connectivity index (χ3v) is 5.76. The fourth-order valence-electron chi connectivity index (χ4n) is 3.56. The molecule has 120 valence electrons. The molecule has 2 heterocycles. The van der Waals surface area contributed by atoms with E-state index < -0.39 is 0 Å². The smallest absolute Gasteiger partial charge is 0.227 e. The van der Waals surface area contributed by atoms with E-state index in [1.807, 2.05) is 12.1 Å². The van der Waals surface area contributed by atoms with Crippen LogP contribution < -0.4 is 10.2 Å². The molecule has 4 rings (SSSR count). The van der Waals surface area contributed by atoms with E-state index in [-0.39, 0.29) is 11.8 Å². The molecule has 1 aromatic heterocycles. The third-order valence-electron chi connectivity index (χ3n) is 4.81. The van der Waals surface area contributed by atoms with Crippen molar-refractivity contribution in [2.45, 2.75) is 38.1 Å². The highest BCUT2D eigenvalue weighted by Gasteiger charge is 2.28. The number of fused-ring (bicyclic) bond motifs is 1. The van der Waals surface area contributed by atoms with Gasteiger partial charge in [-0.3, -0.25) is 4.79 Å². The molecule has 1 N–H and O–H groups in total. The first-order chi connectivity index (χ1) is 11.3. The van der Waals surface area contributed by atoms with Gasteiger partial charge in [0, 0.05) is 18.5 Å². The summed E-state index contributed by atoms with van der Waals surface area (Å²) in [6.07, 6.45) is 4.44. The number of hydrogen-bond acceptors (Lipinski definition) is 4. The lowest BCUT2D eigenvalue weighted by Gasteiger charge is -2.13. The Balaban J connectivity index is 1.37. The molecule has 1 aliphatic heterocycles. The van der Waals surface area contributed by atoms with Crippen LogP contribution in [0.5, 0.6) is 0 Å². The van der Waals surface area contributed by atoms with Gasteiger partial charge in [-0.1, -0.05) is 24.3 Å². The van der Waals surface area contributed by atoms with E-state index >= 15 is 0 Å². The van der Waals surface area contributed by atoms with Crippen LogP contribution in [0.15, 0.2) is 29.6 Å². The van der Waals surface area contributed by atoms with Gasteiger partial charge in [-0.25, -0.2) is 4.98 Å². The maximum Gasteiger partial charge on any atom is 0.227 e. The molecule has 1 saturated heterocycles.